The molecule has 0 aromatic heterocycles. The van der Waals surface area contributed by atoms with Crippen LogP contribution in [0.1, 0.15) is 33.4 Å². The Labute approximate surface area is 144 Å². The highest BCUT2D eigenvalue weighted by Crippen LogP contribution is 2.27. The minimum atomic E-state index is 1.14. The molecule has 0 atom stereocenters. The van der Waals surface area contributed by atoms with Crippen LogP contribution >= 0.6 is 0 Å². The summed E-state index contributed by atoms with van der Waals surface area (Å²) < 4.78 is 0. The van der Waals surface area contributed by atoms with Gasteiger partial charge in [-0.3, -0.25) is 0 Å². The first-order chi connectivity index (χ1) is 11.7. The molecule has 24 heavy (non-hydrogen) atoms. The van der Waals surface area contributed by atoms with E-state index in [1.165, 1.54) is 33.4 Å². The van der Waals surface area contributed by atoms with Gasteiger partial charge in [-0.25, -0.2) is 0 Å². The molecule has 0 saturated carbocycles. The molecule has 0 radical (unpaired) electrons. The second kappa shape index (κ2) is 7.14. The summed E-state index contributed by atoms with van der Waals surface area (Å²) in [6.45, 7) is 8.05. The van der Waals surface area contributed by atoms with Crippen molar-refractivity contribution in [2.75, 3.05) is 0 Å². The largest absolute Gasteiger partial charge is 0.0985 e. The average Bonchev–Trinajstić information content (AvgIpc) is 2.62. The Balaban J connectivity index is 2.09. The summed E-state index contributed by atoms with van der Waals surface area (Å²) in [5, 5.41) is 0. The molecule has 0 spiro atoms. The van der Waals surface area contributed by atoms with Crippen molar-refractivity contribution in [1.82, 2.24) is 0 Å². The van der Waals surface area contributed by atoms with E-state index in [0.29, 0.717) is 0 Å². The lowest BCUT2D eigenvalue weighted by Crippen LogP contribution is -1.89. The van der Waals surface area contributed by atoms with E-state index >= 15 is 0 Å². The first kappa shape index (κ1) is 16.0. The van der Waals surface area contributed by atoms with Crippen molar-refractivity contribution in [3.8, 4) is 0 Å². The molecule has 0 heterocycles. The normalized spacial score (nSPS) is 10.2. The van der Waals surface area contributed by atoms with Gasteiger partial charge in [0.2, 0.25) is 0 Å². The third-order valence-corrected chi connectivity index (χ3v) is 4.21. The first-order valence-corrected chi connectivity index (χ1v) is 8.24. The van der Waals surface area contributed by atoms with E-state index in [0.717, 1.165) is 5.56 Å². The maximum Gasteiger partial charge on any atom is -0.0105 e. The Morgan fingerprint density at radius 1 is 0.625 bits per heavy atom. The number of benzene rings is 3. The molecule has 3 aromatic carbocycles. The summed E-state index contributed by atoms with van der Waals surface area (Å²) in [7, 11) is 0. The molecule has 0 N–H and O–H groups in total. The number of aryl methyl sites for hydroxylation is 2. The third kappa shape index (κ3) is 3.72. The lowest BCUT2D eigenvalue weighted by Gasteiger charge is -2.10. The van der Waals surface area contributed by atoms with Gasteiger partial charge in [0.15, 0.2) is 0 Å². The number of rotatable bonds is 4. The van der Waals surface area contributed by atoms with Gasteiger partial charge in [0.1, 0.15) is 0 Å². The van der Waals surface area contributed by atoms with E-state index < -0.39 is 0 Å². The van der Waals surface area contributed by atoms with Crippen LogP contribution in [0.5, 0.6) is 0 Å². The monoisotopic (exact) mass is 310 g/mol. The van der Waals surface area contributed by atoms with Gasteiger partial charge in [0.05, 0.1) is 0 Å². The first-order valence-electron chi connectivity index (χ1n) is 8.24. The Hall–Kier alpha value is -2.86. The van der Waals surface area contributed by atoms with E-state index in [-0.39, 0.29) is 0 Å². The zero-order chi connectivity index (χ0) is 16.9. The van der Waals surface area contributed by atoms with Crippen molar-refractivity contribution < 1.29 is 0 Å². The smallest absolute Gasteiger partial charge is 0.0105 e. The lowest BCUT2D eigenvalue weighted by atomic mass is 9.94. The molecule has 118 valence electrons. The molecule has 0 aliphatic rings. The molecule has 0 fully saturated rings. The molecular weight excluding hydrogens is 288 g/mol. The molecular formula is C24H22. The average molecular weight is 310 g/mol. The highest BCUT2D eigenvalue weighted by Gasteiger charge is 2.05. The molecule has 0 nitrogen and oxygen atoms in total. The maximum absolute atomic E-state index is 3.82. The van der Waals surface area contributed by atoms with E-state index in [2.05, 4.69) is 99.3 Å². The van der Waals surface area contributed by atoms with E-state index in [1.54, 1.807) is 0 Å². The molecule has 0 saturated heterocycles. The zero-order valence-corrected chi connectivity index (χ0v) is 14.3. The van der Waals surface area contributed by atoms with Crippen molar-refractivity contribution >= 4 is 17.7 Å². The SMILES string of the molecule is C=Cc1ccc(C=C(c2ccc(C)cc2)c2ccc(C)cc2)cc1. The van der Waals surface area contributed by atoms with Crippen LogP contribution in [0.4, 0.5) is 0 Å². The molecule has 0 aliphatic carbocycles. The van der Waals surface area contributed by atoms with Gasteiger partial charge in [-0.15, -0.1) is 0 Å². The Kier molecular flexibility index (Phi) is 4.77. The molecule has 0 heteroatoms. The van der Waals surface area contributed by atoms with Crippen LogP contribution in [0.2, 0.25) is 0 Å². The van der Waals surface area contributed by atoms with Crippen LogP contribution in [-0.2, 0) is 0 Å². The van der Waals surface area contributed by atoms with Crippen molar-refractivity contribution in [3.63, 3.8) is 0 Å². The Morgan fingerprint density at radius 3 is 1.46 bits per heavy atom. The van der Waals surface area contributed by atoms with E-state index in [9.17, 15) is 0 Å². The van der Waals surface area contributed by atoms with Crippen LogP contribution in [0.25, 0.3) is 17.7 Å². The van der Waals surface area contributed by atoms with Gasteiger partial charge in [-0.2, -0.15) is 0 Å². The second-order valence-electron chi connectivity index (χ2n) is 6.16. The van der Waals surface area contributed by atoms with Gasteiger partial charge in [0.25, 0.3) is 0 Å². The highest BCUT2D eigenvalue weighted by atomic mass is 14.1. The minimum absolute atomic E-state index is 1.14. The van der Waals surface area contributed by atoms with Gasteiger partial charge < -0.3 is 0 Å². The summed E-state index contributed by atoms with van der Waals surface area (Å²) in [6, 6.07) is 25.9. The van der Waals surface area contributed by atoms with Crippen molar-refractivity contribution in [3.05, 3.63) is 113 Å². The Bertz CT molecular complexity index is 798. The summed E-state index contributed by atoms with van der Waals surface area (Å²) in [4.78, 5) is 0. The molecule has 0 unspecified atom stereocenters. The topological polar surface area (TPSA) is 0 Å². The van der Waals surface area contributed by atoms with Gasteiger partial charge in [-0.05, 0) is 47.8 Å². The maximum atomic E-state index is 3.82. The fourth-order valence-electron chi connectivity index (χ4n) is 2.69. The quantitative estimate of drug-likeness (QED) is 0.480. The van der Waals surface area contributed by atoms with Crippen LogP contribution in [-0.4, -0.2) is 0 Å². The molecule has 0 amide bonds. The fourth-order valence-corrected chi connectivity index (χ4v) is 2.69. The van der Waals surface area contributed by atoms with Gasteiger partial charge in [0, 0.05) is 0 Å². The van der Waals surface area contributed by atoms with Gasteiger partial charge >= 0.3 is 0 Å². The van der Waals surface area contributed by atoms with Crippen molar-refractivity contribution in [1.29, 1.82) is 0 Å². The van der Waals surface area contributed by atoms with Crippen LogP contribution in [0.15, 0.2) is 79.4 Å². The molecule has 3 aromatic rings. The Morgan fingerprint density at radius 2 is 1.04 bits per heavy atom. The van der Waals surface area contributed by atoms with Gasteiger partial charge in [-0.1, -0.05) is 96.6 Å². The lowest BCUT2D eigenvalue weighted by molar-refractivity contribution is 1.43. The minimum Gasteiger partial charge on any atom is -0.0985 e. The second-order valence-corrected chi connectivity index (χ2v) is 6.16. The zero-order valence-electron chi connectivity index (χ0n) is 14.3. The number of hydrogen-bond donors (Lipinski definition) is 0. The standard InChI is InChI=1S/C24H22/c1-4-20-9-11-21(12-10-20)17-24(22-13-5-18(2)6-14-22)23-15-7-19(3)8-16-23/h4-17H,1H2,2-3H3. The third-order valence-electron chi connectivity index (χ3n) is 4.21. The fraction of sp³-hybridized carbons (Fsp3) is 0.0833. The summed E-state index contributed by atoms with van der Waals surface area (Å²) in [5.41, 5.74) is 8.58. The van der Waals surface area contributed by atoms with Crippen molar-refractivity contribution in [2.24, 2.45) is 0 Å². The van der Waals surface area contributed by atoms with E-state index in [1.807, 2.05) is 6.08 Å². The van der Waals surface area contributed by atoms with Crippen molar-refractivity contribution in [2.45, 2.75) is 13.8 Å². The molecule has 0 bridgehead atoms. The number of hydrogen-bond acceptors (Lipinski definition) is 0. The summed E-state index contributed by atoms with van der Waals surface area (Å²) in [5.74, 6) is 0. The summed E-state index contributed by atoms with van der Waals surface area (Å²) >= 11 is 0. The van der Waals surface area contributed by atoms with Crippen LogP contribution in [0, 0.1) is 13.8 Å². The predicted octanol–water partition coefficient (Wildman–Crippen LogP) is 6.54. The highest BCUT2D eigenvalue weighted by molar-refractivity contribution is 5.91. The van der Waals surface area contributed by atoms with E-state index in [4.69, 9.17) is 0 Å². The molecule has 3 rings (SSSR count). The van der Waals surface area contributed by atoms with Crippen LogP contribution < -0.4 is 0 Å². The molecule has 0 aliphatic heterocycles. The van der Waals surface area contributed by atoms with Crippen LogP contribution in [0.3, 0.4) is 0 Å². The summed E-state index contributed by atoms with van der Waals surface area (Å²) in [6.07, 6.45) is 4.12. The predicted molar refractivity (Wildman–Crippen MR) is 106 cm³/mol.